The van der Waals surface area contributed by atoms with Gasteiger partial charge in [0.05, 0.1) is 11.4 Å². The van der Waals surface area contributed by atoms with Crippen LogP contribution in [0.5, 0.6) is 11.5 Å². The summed E-state index contributed by atoms with van der Waals surface area (Å²) in [5.41, 5.74) is 2.29. The lowest BCUT2D eigenvalue weighted by Crippen LogP contribution is -2.23. The zero-order valence-electron chi connectivity index (χ0n) is 16.1. The molecule has 0 aliphatic heterocycles. The molecule has 0 spiro atoms. The maximum atomic E-state index is 12.4. The Balaban J connectivity index is 0.000000221. The number of aromatic nitrogens is 2. The molecule has 0 aliphatic rings. The fraction of sp³-hybridized carbons (Fsp3) is 0.200. The highest BCUT2D eigenvalue weighted by molar-refractivity contribution is 5.91. The van der Waals surface area contributed by atoms with E-state index >= 15 is 0 Å². The van der Waals surface area contributed by atoms with Crippen molar-refractivity contribution in [1.82, 2.24) is 9.36 Å². The van der Waals surface area contributed by atoms with E-state index < -0.39 is 5.97 Å². The molecule has 1 heterocycles. The van der Waals surface area contributed by atoms with Crippen LogP contribution in [0.25, 0.3) is 5.69 Å². The normalized spacial score (nSPS) is 10.1. The van der Waals surface area contributed by atoms with Gasteiger partial charge >= 0.3 is 5.97 Å². The Morgan fingerprint density at radius 3 is 2.11 bits per heavy atom. The summed E-state index contributed by atoms with van der Waals surface area (Å²) in [5, 5.41) is 26.1. The van der Waals surface area contributed by atoms with E-state index in [1.165, 1.54) is 6.07 Å². The van der Waals surface area contributed by atoms with E-state index in [-0.39, 0.29) is 22.6 Å². The van der Waals surface area contributed by atoms with E-state index in [2.05, 4.69) is 0 Å². The van der Waals surface area contributed by atoms with Gasteiger partial charge in [0.25, 0.3) is 5.56 Å². The van der Waals surface area contributed by atoms with Gasteiger partial charge in [0.15, 0.2) is 0 Å². The lowest BCUT2D eigenvalue weighted by molar-refractivity contribution is 0.0693. The summed E-state index contributed by atoms with van der Waals surface area (Å²) in [5.74, 6) is -1.80. The Bertz CT molecular complexity index is 1040. The minimum atomic E-state index is -1.27. The third-order valence-electron chi connectivity index (χ3n) is 4.18. The zero-order valence-corrected chi connectivity index (χ0v) is 16.1. The predicted molar refractivity (Wildman–Crippen MR) is 107 cm³/mol. The summed E-state index contributed by atoms with van der Waals surface area (Å²) < 4.78 is 3.57. The van der Waals surface area contributed by atoms with E-state index in [1.54, 1.807) is 4.68 Å². The number of hydrogen-bond donors (Lipinski definition) is 3. The number of carboxylic acids is 1. The summed E-state index contributed by atoms with van der Waals surface area (Å²) in [6.07, 6.45) is 0. The first kappa shape index (κ1) is 20.6. The number of anilines is 1. The van der Waals surface area contributed by atoms with Gasteiger partial charge in [-0.15, -0.1) is 0 Å². The molecule has 0 atom stereocenters. The van der Waals surface area contributed by atoms with Crippen molar-refractivity contribution in [2.24, 2.45) is 7.05 Å². The van der Waals surface area contributed by atoms with Crippen molar-refractivity contribution in [3.05, 3.63) is 70.1 Å². The van der Waals surface area contributed by atoms with Crippen LogP contribution in [0.4, 0.5) is 5.69 Å². The molecule has 0 aliphatic carbocycles. The number of aromatic hydroxyl groups is 2. The number of aromatic carboxylic acids is 1. The van der Waals surface area contributed by atoms with Gasteiger partial charge in [-0.1, -0.05) is 18.2 Å². The van der Waals surface area contributed by atoms with Crippen LogP contribution >= 0.6 is 0 Å². The Morgan fingerprint density at radius 2 is 1.64 bits per heavy atom. The molecule has 0 saturated carbocycles. The molecular weight excluding hydrogens is 362 g/mol. The van der Waals surface area contributed by atoms with Crippen molar-refractivity contribution >= 4 is 11.7 Å². The first-order valence-corrected chi connectivity index (χ1v) is 8.41. The second-order valence-corrected chi connectivity index (χ2v) is 6.31. The fourth-order valence-electron chi connectivity index (χ4n) is 2.76. The average molecular weight is 385 g/mol. The number of phenolic OH excluding ortho intramolecular Hbond substituents is 1. The number of carbonyl (C=O) groups is 1. The summed E-state index contributed by atoms with van der Waals surface area (Å²) in [6, 6.07) is 13.0. The minimum absolute atomic E-state index is 0.0150. The van der Waals surface area contributed by atoms with Gasteiger partial charge in [0.2, 0.25) is 0 Å². The van der Waals surface area contributed by atoms with E-state index in [0.29, 0.717) is 0 Å². The van der Waals surface area contributed by atoms with Crippen LogP contribution in [0, 0.1) is 6.92 Å². The topological polar surface area (TPSA) is 108 Å². The highest BCUT2D eigenvalue weighted by atomic mass is 16.4. The van der Waals surface area contributed by atoms with Gasteiger partial charge in [-0.25, -0.2) is 9.48 Å². The van der Waals surface area contributed by atoms with Crippen LogP contribution in [-0.2, 0) is 7.05 Å². The molecule has 148 valence electrons. The van der Waals surface area contributed by atoms with Gasteiger partial charge < -0.3 is 20.2 Å². The van der Waals surface area contributed by atoms with Gasteiger partial charge in [-0.2, -0.15) is 0 Å². The van der Waals surface area contributed by atoms with Crippen molar-refractivity contribution in [1.29, 1.82) is 0 Å². The number of nitrogens with zero attached hydrogens (tertiary/aromatic N) is 3. The summed E-state index contributed by atoms with van der Waals surface area (Å²) in [7, 11) is 5.68. The molecule has 3 rings (SSSR count). The predicted octanol–water partition coefficient (Wildman–Crippen LogP) is 2.35. The molecule has 0 radical (unpaired) electrons. The lowest BCUT2D eigenvalue weighted by Gasteiger charge is -2.09. The number of hydrogen-bond acceptors (Lipinski definition) is 5. The third-order valence-corrected chi connectivity index (χ3v) is 4.18. The van der Waals surface area contributed by atoms with Crippen LogP contribution in [0.1, 0.15) is 16.1 Å². The van der Waals surface area contributed by atoms with Gasteiger partial charge in [-0.3, -0.25) is 9.48 Å². The number of para-hydroxylation sites is 1. The number of benzene rings is 2. The third kappa shape index (κ3) is 4.17. The van der Waals surface area contributed by atoms with Crippen molar-refractivity contribution in [2.75, 3.05) is 19.0 Å². The van der Waals surface area contributed by atoms with Crippen LogP contribution in [-0.4, -0.2) is 44.7 Å². The number of carboxylic acid groups (broad SMARTS) is 1. The Labute approximate surface area is 162 Å². The molecule has 3 N–H and O–H groups in total. The smallest absolute Gasteiger partial charge is 0.339 e. The van der Waals surface area contributed by atoms with E-state index in [0.717, 1.165) is 29.2 Å². The molecule has 0 unspecified atom stereocenters. The van der Waals surface area contributed by atoms with Gasteiger partial charge in [0, 0.05) is 21.1 Å². The first-order chi connectivity index (χ1) is 13.1. The van der Waals surface area contributed by atoms with E-state index in [1.807, 2.05) is 68.0 Å². The van der Waals surface area contributed by atoms with Crippen LogP contribution in [0.15, 0.2) is 53.3 Å². The second kappa shape index (κ2) is 8.34. The monoisotopic (exact) mass is 385 g/mol. The van der Waals surface area contributed by atoms with Crippen LogP contribution in [0.2, 0.25) is 0 Å². The van der Waals surface area contributed by atoms with Gasteiger partial charge in [0.1, 0.15) is 22.7 Å². The number of phenols is 2. The summed E-state index contributed by atoms with van der Waals surface area (Å²) in [6.45, 7) is 1.95. The highest BCUT2D eigenvalue weighted by Gasteiger charge is 2.16. The summed E-state index contributed by atoms with van der Waals surface area (Å²) >= 11 is 0. The van der Waals surface area contributed by atoms with Crippen LogP contribution in [0.3, 0.4) is 0 Å². The molecule has 3 aromatic rings. The second-order valence-electron chi connectivity index (χ2n) is 6.31. The van der Waals surface area contributed by atoms with E-state index in [9.17, 15) is 9.59 Å². The fourth-order valence-corrected chi connectivity index (χ4v) is 2.76. The maximum Gasteiger partial charge on any atom is 0.339 e. The first-order valence-electron chi connectivity index (χ1n) is 8.41. The quantitative estimate of drug-likeness (QED) is 0.598. The SMILES string of the molecule is Cc1c(N(C)C)c(=O)n(-c2ccccc2)n1C.O=C(O)c1cc(O)ccc1O. The maximum absolute atomic E-state index is 12.4. The lowest BCUT2D eigenvalue weighted by atomic mass is 10.2. The van der Waals surface area contributed by atoms with Gasteiger partial charge in [-0.05, 0) is 37.3 Å². The Morgan fingerprint density at radius 1 is 1.04 bits per heavy atom. The summed E-state index contributed by atoms with van der Waals surface area (Å²) in [4.78, 5) is 24.5. The molecule has 8 nitrogen and oxygen atoms in total. The standard InChI is InChI=1S/C13H17N3O.C7H6O4/c1-10-12(14(2)3)13(17)16(15(10)4)11-8-6-5-7-9-11;8-4-1-2-6(9)5(3-4)7(10)11/h5-9H,1-4H3;1-3,8-9H,(H,10,11). The molecule has 0 bridgehead atoms. The Kier molecular flexibility index (Phi) is 6.15. The van der Waals surface area contributed by atoms with Crippen molar-refractivity contribution in [2.45, 2.75) is 6.92 Å². The van der Waals surface area contributed by atoms with E-state index in [4.69, 9.17) is 15.3 Å². The van der Waals surface area contributed by atoms with Crippen molar-refractivity contribution < 1.29 is 20.1 Å². The molecule has 0 fully saturated rings. The van der Waals surface area contributed by atoms with Crippen LogP contribution < -0.4 is 10.5 Å². The molecule has 8 heteroatoms. The molecule has 2 aromatic carbocycles. The zero-order chi connectivity index (χ0) is 21.0. The Hall–Kier alpha value is -3.68. The average Bonchev–Trinajstić information content (AvgIpc) is 2.87. The van der Waals surface area contributed by atoms with Crippen molar-refractivity contribution in [3.63, 3.8) is 0 Å². The minimum Gasteiger partial charge on any atom is -0.508 e. The number of rotatable bonds is 3. The highest BCUT2D eigenvalue weighted by Crippen LogP contribution is 2.21. The largest absolute Gasteiger partial charge is 0.508 e. The molecule has 28 heavy (non-hydrogen) atoms. The molecular formula is C20H23N3O5. The van der Waals surface area contributed by atoms with Crippen molar-refractivity contribution in [3.8, 4) is 17.2 Å². The molecule has 0 saturated heterocycles. The molecule has 0 amide bonds. The molecule has 1 aromatic heterocycles.